The van der Waals surface area contributed by atoms with Crippen molar-refractivity contribution in [2.24, 2.45) is 13.0 Å². The third-order valence-electron chi connectivity index (χ3n) is 6.07. The van der Waals surface area contributed by atoms with E-state index in [4.69, 9.17) is 9.47 Å². The zero-order valence-corrected chi connectivity index (χ0v) is 19.5. The summed E-state index contributed by atoms with van der Waals surface area (Å²) in [7, 11) is 1.72. The normalized spacial score (nSPS) is 18.4. The van der Waals surface area contributed by atoms with Gasteiger partial charge in [0.15, 0.2) is 0 Å². The molecule has 0 aliphatic carbocycles. The van der Waals surface area contributed by atoms with E-state index in [0.29, 0.717) is 17.1 Å². The average Bonchev–Trinajstić information content (AvgIpc) is 2.82. The highest BCUT2D eigenvalue weighted by Gasteiger charge is 2.31. The number of ether oxygens (including phenoxy) is 2. The summed E-state index contributed by atoms with van der Waals surface area (Å²) in [6, 6.07) is 10.9. The highest BCUT2D eigenvalue weighted by molar-refractivity contribution is 5.88. The summed E-state index contributed by atoms with van der Waals surface area (Å²) in [5, 5.41) is 9.31. The van der Waals surface area contributed by atoms with Crippen LogP contribution in [0.5, 0.6) is 11.6 Å². The lowest BCUT2D eigenvalue weighted by Crippen LogP contribution is -2.46. The highest BCUT2D eigenvalue weighted by atomic mass is 16.5. The molecule has 1 saturated heterocycles. The minimum absolute atomic E-state index is 0.0241. The number of pyridine rings is 3. The van der Waals surface area contributed by atoms with Crippen molar-refractivity contribution >= 4 is 16.7 Å². The first-order chi connectivity index (χ1) is 15.9. The Labute approximate surface area is 193 Å². The van der Waals surface area contributed by atoms with Crippen molar-refractivity contribution in [2.75, 3.05) is 18.0 Å². The minimum Gasteiger partial charge on any atom is -0.489 e. The molecule has 1 aliphatic heterocycles. The van der Waals surface area contributed by atoms with Gasteiger partial charge >= 0.3 is 0 Å². The number of anilines is 1. The van der Waals surface area contributed by atoms with Crippen LogP contribution >= 0.6 is 0 Å². The summed E-state index contributed by atoms with van der Waals surface area (Å²) in [5.74, 6) is 1.56. The van der Waals surface area contributed by atoms with Gasteiger partial charge in [-0.3, -0.25) is 4.79 Å². The van der Waals surface area contributed by atoms with E-state index < -0.39 is 0 Å². The van der Waals surface area contributed by atoms with Gasteiger partial charge < -0.3 is 18.9 Å². The van der Waals surface area contributed by atoms with Gasteiger partial charge in [-0.1, -0.05) is 6.92 Å². The molecule has 3 aromatic rings. The van der Waals surface area contributed by atoms with Crippen molar-refractivity contribution in [3.8, 4) is 17.7 Å². The van der Waals surface area contributed by atoms with Crippen molar-refractivity contribution in [2.45, 2.75) is 45.8 Å². The standard InChI is InChI=1S/C25H29N5O3/c1-5-17-15-30(11-10-22(17)33-23-9-7-19(14-27-23)32-16(2)3)21-12-24(31)29(4)20-8-6-18(13-26)28-25(20)21/h6-9,12,14,16-17,22H,5,10-11,15H2,1-4H3/t17?,22-/m0/s1. The fraction of sp³-hybridized carbons (Fsp3) is 0.440. The van der Waals surface area contributed by atoms with Gasteiger partial charge in [0, 0.05) is 44.6 Å². The predicted molar refractivity (Wildman–Crippen MR) is 127 cm³/mol. The van der Waals surface area contributed by atoms with Gasteiger partial charge in [0.1, 0.15) is 29.1 Å². The Morgan fingerprint density at radius 1 is 1.27 bits per heavy atom. The van der Waals surface area contributed by atoms with Crippen LogP contribution in [0.3, 0.4) is 0 Å². The lowest BCUT2D eigenvalue weighted by Gasteiger charge is -2.39. The highest BCUT2D eigenvalue weighted by Crippen LogP contribution is 2.31. The van der Waals surface area contributed by atoms with Gasteiger partial charge in [0.2, 0.25) is 5.88 Å². The molecule has 0 amide bonds. The second-order valence-corrected chi connectivity index (χ2v) is 8.66. The molecule has 172 valence electrons. The molecule has 8 nitrogen and oxygen atoms in total. The largest absolute Gasteiger partial charge is 0.489 e. The zero-order chi connectivity index (χ0) is 23.5. The SMILES string of the molecule is CCC1CN(c2cc(=O)n(C)c3ccc(C#N)nc23)CC[C@@H]1Oc1ccc(OC(C)C)cn1. The molecule has 1 aliphatic rings. The smallest absolute Gasteiger partial charge is 0.252 e. The lowest BCUT2D eigenvalue weighted by atomic mass is 9.91. The third-order valence-corrected chi connectivity index (χ3v) is 6.07. The van der Waals surface area contributed by atoms with Crippen LogP contribution in [0.25, 0.3) is 11.0 Å². The Morgan fingerprint density at radius 2 is 2.09 bits per heavy atom. The van der Waals surface area contributed by atoms with Crippen LogP contribution in [0.2, 0.25) is 0 Å². The summed E-state index contributed by atoms with van der Waals surface area (Å²) in [6.45, 7) is 7.55. The number of aromatic nitrogens is 3. The first-order valence-electron chi connectivity index (χ1n) is 11.3. The first-order valence-corrected chi connectivity index (χ1v) is 11.3. The Kier molecular flexibility index (Phi) is 6.50. The van der Waals surface area contributed by atoms with Crippen molar-refractivity contribution < 1.29 is 9.47 Å². The number of rotatable bonds is 6. The van der Waals surface area contributed by atoms with Gasteiger partial charge in [-0.05, 0) is 38.5 Å². The molecule has 33 heavy (non-hydrogen) atoms. The van der Waals surface area contributed by atoms with Crippen LogP contribution in [-0.4, -0.2) is 39.8 Å². The lowest BCUT2D eigenvalue weighted by molar-refractivity contribution is 0.104. The summed E-state index contributed by atoms with van der Waals surface area (Å²) in [6.07, 6.45) is 3.53. The number of hydrogen-bond donors (Lipinski definition) is 0. The van der Waals surface area contributed by atoms with Gasteiger partial charge in [0.25, 0.3) is 5.56 Å². The third kappa shape index (κ3) is 4.77. The Hall–Kier alpha value is -3.60. The number of hydrogen-bond acceptors (Lipinski definition) is 7. The second-order valence-electron chi connectivity index (χ2n) is 8.66. The Bertz CT molecular complexity index is 1230. The number of piperidine rings is 1. The second kappa shape index (κ2) is 9.49. The summed E-state index contributed by atoms with van der Waals surface area (Å²) < 4.78 is 13.5. The maximum Gasteiger partial charge on any atom is 0.252 e. The summed E-state index contributed by atoms with van der Waals surface area (Å²) in [4.78, 5) is 23.7. The molecular formula is C25H29N5O3. The van der Waals surface area contributed by atoms with E-state index >= 15 is 0 Å². The van der Waals surface area contributed by atoms with Crippen molar-refractivity contribution in [3.05, 3.63) is 52.6 Å². The molecule has 8 heteroatoms. The van der Waals surface area contributed by atoms with E-state index in [0.717, 1.165) is 42.9 Å². The van der Waals surface area contributed by atoms with Crippen LogP contribution in [0.4, 0.5) is 5.69 Å². The first kappa shape index (κ1) is 22.6. The fourth-order valence-corrected chi connectivity index (χ4v) is 4.33. The van der Waals surface area contributed by atoms with E-state index in [2.05, 4.69) is 27.9 Å². The van der Waals surface area contributed by atoms with E-state index in [1.807, 2.05) is 26.0 Å². The summed E-state index contributed by atoms with van der Waals surface area (Å²) >= 11 is 0. The molecule has 0 saturated carbocycles. The molecule has 0 spiro atoms. The van der Waals surface area contributed by atoms with Crippen LogP contribution in [0.15, 0.2) is 41.3 Å². The van der Waals surface area contributed by atoms with Crippen molar-refractivity contribution in [1.29, 1.82) is 5.26 Å². The van der Waals surface area contributed by atoms with Crippen LogP contribution in [0.1, 0.15) is 39.3 Å². The molecule has 4 rings (SSSR count). The minimum atomic E-state index is -0.0941. The van der Waals surface area contributed by atoms with Gasteiger partial charge in [-0.15, -0.1) is 0 Å². The van der Waals surface area contributed by atoms with Crippen LogP contribution in [0, 0.1) is 17.2 Å². The van der Waals surface area contributed by atoms with Crippen molar-refractivity contribution in [1.82, 2.24) is 14.5 Å². The number of aryl methyl sites for hydroxylation is 1. The van der Waals surface area contributed by atoms with Crippen molar-refractivity contribution in [3.63, 3.8) is 0 Å². The quantitative estimate of drug-likeness (QED) is 0.569. The molecule has 3 aromatic heterocycles. The molecule has 1 unspecified atom stereocenters. The molecule has 0 aromatic carbocycles. The topological polar surface area (TPSA) is 93.3 Å². The Morgan fingerprint density at radius 3 is 2.76 bits per heavy atom. The molecule has 1 fully saturated rings. The molecular weight excluding hydrogens is 418 g/mol. The number of nitriles is 1. The Balaban J connectivity index is 1.56. The van der Waals surface area contributed by atoms with E-state index in [1.54, 1.807) is 36.0 Å². The number of nitrogens with zero attached hydrogens (tertiary/aromatic N) is 5. The van der Waals surface area contributed by atoms with Gasteiger partial charge in [-0.25, -0.2) is 9.97 Å². The maximum atomic E-state index is 12.6. The van der Waals surface area contributed by atoms with E-state index in [-0.39, 0.29) is 23.7 Å². The fourth-order valence-electron chi connectivity index (χ4n) is 4.33. The number of fused-ring (bicyclic) bond motifs is 1. The van der Waals surface area contributed by atoms with Crippen LogP contribution < -0.4 is 19.9 Å². The summed E-state index contributed by atoms with van der Waals surface area (Å²) in [5.41, 5.74) is 2.41. The average molecular weight is 448 g/mol. The maximum absolute atomic E-state index is 12.6. The van der Waals surface area contributed by atoms with Gasteiger partial charge in [-0.2, -0.15) is 5.26 Å². The molecule has 0 N–H and O–H groups in total. The molecule has 0 bridgehead atoms. The monoisotopic (exact) mass is 447 g/mol. The van der Waals surface area contributed by atoms with E-state index in [1.165, 1.54) is 0 Å². The van der Waals surface area contributed by atoms with E-state index in [9.17, 15) is 10.1 Å². The predicted octanol–water partition coefficient (Wildman–Crippen LogP) is 3.67. The van der Waals surface area contributed by atoms with Crippen LogP contribution in [-0.2, 0) is 7.05 Å². The zero-order valence-electron chi connectivity index (χ0n) is 19.5. The molecule has 4 heterocycles. The molecule has 0 radical (unpaired) electrons. The molecule has 2 atom stereocenters. The van der Waals surface area contributed by atoms with Gasteiger partial charge in [0.05, 0.1) is 23.5 Å².